The topological polar surface area (TPSA) is 68.0 Å². The lowest BCUT2D eigenvalue weighted by Crippen LogP contribution is -2.29. The fourth-order valence-electron chi connectivity index (χ4n) is 2.79. The lowest BCUT2D eigenvalue weighted by Gasteiger charge is -2.21. The maximum absolute atomic E-state index is 12.4. The predicted molar refractivity (Wildman–Crippen MR) is 103 cm³/mol. The monoisotopic (exact) mass is 369 g/mol. The zero-order valence-corrected chi connectivity index (χ0v) is 15.8. The lowest BCUT2D eigenvalue weighted by atomic mass is 9.97. The fourth-order valence-corrected chi connectivity index (χ4v) is 3.42. The first-order valence-electron chi connectivity index (χ1n) is 8.81. The Bertz CT molecular complexity index is 813. The molecule has 2 aromatic heterocycles. The van der Waals surface area contributed by atoms with Crippen molar-refractivity contribution in [1.29, 1.82) is 0 Å². The number of hydrogen-bond acceptors (Lipinski definition) is 5. The summed E-state index contributed by atoms with van der Waals surface area (Å²) in [6.45, 7) is 4.32. The molecule has 0 saturated carbocycles. The molecule has 6 heteroatoms. The normalized spacial score (nSPS) is 12.3. The summed E-state index contributed by atoms with van der Waals surface area (Å²) >= 11 is 1.59. The predicted octanol–water partition coefficient (Wildman–Crippen LogP) is 4.63. The van der Waals surface area contributed by atoms with E-state index in [0.717, 1.165) is 17.5 Å². The second-order valence-electron chi connectivity index (χ2n) is 6.68. The number of hydrogen-bond donors (Lipinski definition) is 1. The smallest absolute Gasteiger partial charge is 0.227 e. The van der Waals surface area contributed by atoms with E-state index >= 15 is 0 Å². The molecule has 0 bridgehead atoms. The van der Waals surface area contributed by atoms with Crippen LogP contribution in [0.1, 0.15) is 44.2 Å². The summed E-state index contributed by atoms with van der Waals surface area (Å²) in [5.41, 5.74) is 2.07. The average Bonchev–Trinajstić information content (AvgIpc) is 3.31. The van der Waals surface area contributed by atoms with Crippen molar-refractivity contribution in [3.05, 3.63) is 58.6 Å². The van der Waals surface area contributed by atoms with Crippen LogP contribution in [0.15, 0.2) is 51.7 Å². The molecule has 1 atom stereocenters. The van der Waals surface area contributed by atoms with Crippen molar-refractivity contribution in [1.82, 2.24) is 15.5 Å². The molecule has 3 aromatic rings. The number of thiophene rings is 1. The Morgan fingerprint density at radius 3 is 2.73 bits per heavy atom. The molecule has 0 aliphatic rings. The van der Waals surface area contributed by atoms with Crippen LogP contribution >= 0.6 is 11.3 Å². The Morgan fingerprint density at radius 1 is 1.23 bits per heavy atom. The number of aryl methyl sites for hydroxylation is 1. The molecule has 0 radical (unpaired) electrons. The summed E-state index contributed by atoms with van der Waals surface area (Å²) in [4.78, 5) is 16.8. The van der Waals surface area contributed by atoms with E-state index < -0.39 is 0 Å². The van der Waals surface area contributed by atoms with Gasteiger partial charge in [-0.3, -0.25) is 4.79 Å². The van der Waals surface area contributed by atoms with Gasteiger partial charge < -0.3 is 9.84 Å². The summed E-state index contributed by atoms with van der Waals surface area (Å²) < 4.78 is 5.26. The van der Waals surface area contributed by atoms with Gasteiger partial charge in [-0.15, -0.1) is 0 Å². The molecule has 136 valence electrons. The third kappa shape index (κ3) is 5.02. The van der Waals surface area contributed by atoms with Crippen molar-refractivity contribution in [3.63, 3.8) is 0 Å². The van der Waals surface area contributed by atoms with E-state index in [1.165, 1.54) is 0 Å². The number of benzene rings is 1. The second kappa shape index (κ2) is 8.76. The minimum absolute atomic E-state index is 0.00483. The van der Waals surface area contributed by atoms with Gasteiger partial charge in [0.1, 0.15) is 0 Å². The Morgan fingerprint density at radius 2 is 2.04 bits per heavy atom. The molecule has 1 unspecified atom stereocenters. The number of carbonyl (C=O) groups excluding carboxylic acids is 1. The van der Waals surface area contributed by atoms with Crippen LogP contribution in [0, 0.1) is 5.92 Å². The van der Waals surface area contributed by atoms with Gasteiger partial charge in [0.2, 0.25) is 17.6 Å². The summed E-state index contributed by atoms with van der Waals surface area (Å²) in [6.07, 6.45) is 1.66. The SMILES string of the molecule is CC(C)CC(NC(=O)CCc1nc(-c2ccsc2)no1)c1ccccc1. The summed E-state index contributed by atoms with van der Waals surface area (Å²) in [5.74, 6) is 1.55. The van der Waals surface area contributed by atoms with Gasteiger partial charge in [0.25, 0.3) is 0 Å². The van der Waals surface area contributed by atoms with Gasteiger partial charge in [-0.05, 0) is 29.3 Å². The molecular formula is C20H23N3O2S. The van der Waals surface area contributed by atoms with Gasteiger partial charge in [0.05, 0.1) is 6.04 Å². The molecule has 1 amide bonds. The molecule has 0 saturated heterocycles. The van der Waals surface area contributed by atoms with Crippen molar-refractivity contribution in [2.24, 2.45) is 5.92 Å². The molecule has 26 heavy (non-hydrogen) atoms. The van der Waals surface area contributed by atoms with Crippen LogP contribution in [0.3, 0.4) is 0 Å². The third-order valence-electron chi connectivity index (χ3n) is 4.06. The molecule has 0 spiro atoms. The second-order valence-corrected chi connectivity index (χ2v) is 7.46. The number of aromatic nitrogens is 2. The number of nitrogens with one attached hydrogen (secondary N) is 1. The first-order chi connectivity index (χ1) is 12.6. The number of amides is 1. The molecule has 3 rings (SSSR count). The highest BCUT2D eigenvalue weighted by atomic mass is 32.1. The van der Waals surface area contributed by atoms with Crippen molar-refractivity contribution in [2.45, 2.75) is 39.2 Å². The van der Waals surface area contributed by atoms with Gasteiger partial charge in [0.15, 0.2) is 0 Å². The van der Waals surface area contributed by atoms with E-state index in [1.54, 1.807) is 11.3 Å². The van der Waals surface area contributed by atoms with Gasteiger partial charge in [-0.2, -0.15) is 16.3 Å². The van der Waals surface area contributed by atoms with Crippen molar-refractivity contribution >= 4 is 17.2 Å². The van der Waals surface area contributed by atoms with Gasteiger partial charge in [-0.25, -0.2) is 0 Å². The molecule has 1 aromatic carbocycles. The summed E-state index contributed by atoms with van der Waals surface area (Å²) in [7, 11) is 0. The summed E-state index contributed by atoms with van der Waals surface area (Å²) in [6, 6.07) is 12.1. The molecular weight excluding hydrogens is 346 g/mol. The van der Waals surface area contributed by atoms with Crippen LogP contribution in [0.25, 0.3) is 11.4 Å². The Hall–Kier alpha value is -2.47. The molecule has 0 fully saturated rings. The van der Waals surface area contributed by atoms with Crippen molar-refractivity contribution in [2.75, 3.05) is 0 Å². The molecule has 0 aliphatic carbocycles. The highest BCUT2D eigenvalue weighted by Gasteiger charge is 2.17. The van der Waals surface area contributed by atoms with Crippen molar-refractivity contribution < 1.29 is 9.32 Å². The third-order valence-corrected chi connectivity index (χ3v) is 4.74. The number of carbonyl (C=O) groups is 1. The molecule has 1 N–H and O–H groups in total. The van der Waals surface area contributed by atoms with Crippen LogP contribution in [-0.4, -0.2) is 16.0 Å². The minimum atomic E-state index is -0.00483. The Kier molecular flexibility index (Phi) is 6.17. The maximum Gasteiger partial charge on any atom is 0.227 e. The van der Waals surface area contributed by atoms with Crippen LogP contribution in [0.2, 0.25) is 0 Å². The van der Waals surface area contributed by atoms with Gasteiger partial charge in [0, 0.05) is 23.8 Å². The fraction of sp³-hybridized carbons (Fsp3) is 0.350. The van der Waals surface area contributed by atoms with E-state index in [1.807, 2.05) is 35.0 Å². The van der Waals surface area contributed by atoms with E-state index in [2.05, 4.69) is 41.4 Å². The maximum atomic E-state index is 12.4. The van der Waals surface area contributed by atoms with E-state index in [4.69, 9.17) is 4.52 Å². The van der Waals surface area contributed by atoms with Gasteiger partial charge in [-0.1, -0.05) is 49.3 Å². The average molecular weight is 369 g/mol. The van der Waals surface area contributed by atoms with Crippen LogP contribution in [0.4, 0.5) is 0 Å². The first kappa shape index (κ1) is 18.3. The van der Waals surface area contributed by atoms with Crippen LogP contribution < -0.4 is 5.32 Å². The van der Waals surface area contributed by atoms with Crippen LogP contribution in [0.5, 0.6) is 0 Å². The Balaban J connectivity index is 1.57. The zero-order valence-electron chi connectivity index (χ0n) is 15.0. The summed E-state index contributed by atoms with van der Waals surface area (Å²) in [5, 5.41) is 11.1. The van der Waals surface area contributed by atoms with E-state index in [9.17, 15) is 4.79 Å². The Labute approximate surface area is 157 Å². The highest BCUT2D eigenvalue weighted by Crippen LogP contribution is 2.22. The standard InChI is InChI=1S/C20H23N3O2S/c1-14(2)12-17(15-6-4-3-5-7-15)21-18(24)8-9-19-22-20(23-25-19)16-10-11-26-13-16/h3-7,10-11,13-14,17H,8-9,12H2,1-2H3,(H,21,24). The van der Waals surface area contributed by atoms with Crippen molar-refractivity contribution in [3.8, 4) is 11.4 Å². The lowest BCUT2D eigenvalue weighted by molar-refractivity contribution is -0.122. The molecule has 5 nitrogen and oxygen atoms in total. The number of rotatable bonds is 8. The minimum Gasteiger partial charge on any atom is -0.349 e. The highest BCUT2D eigenvalue weighted by molar-refractivity contribution is 7.08. The molecule has 2 heterocycles. The first-order valence-corrected chi connectivity index (χ1v) is 9.75. The van der Waals surface area contributed by atoms with E-state index in [0.29, 0.717) is 30.5 Å². The largest absolute Gasteiger partial charge is 0.349 e. The van der Waals surface area contributed by atoms with Gasteiger partial charge >= 0.3 is 0 Å². The molecule has 0 aliphatic heterocycles. The van der Waals surface area contributed by atoms with E-state index in [-0.39, 0.29) is 11.9 Å². The zero-order chi connectivity index (χ0) is 18.4. The quantitative estimate of drug-likeness (QED) is 0.628. The number of nitrogens with zero attached hydrogens (tertiary/aromatic N) is 2. The van der Waals surface area contributed by atoms with Crippen LogP contribution in [-0.2, 0) is 11.2 Å².